The summed E-state index contributed by atoms with van der Waals surface area (Å²) in [5.74, 6) is -0.515. The van der Waals surface area contributed by atoms with E-state index in [0.717, 1.165) is 51.5 Å². The molecule has 6 aliphatic heterocycles. The van der Waals surface area contributed by atoms with E-state index in [2.05, 4.69) is 33.0 Å². The molecule has 31 atom stereocenters. The maximum absolute atomic E-state index is 12.2. The summed E-state index contributed by atoms with van der Waals surface area (Å²) in [6, 6.07) is 0. The van der Waals surface area contributed by atoms with Crippen LogP contribution in [0.25, 0.3) is 0 Å². The van der Waals surface area contributed by atoms with Crippen molar-refractivity contribution in [1.29, 1.82) is 0 Å². The highest BCUT2D eigenvalue weighted by Crippen LogP contribution is 2.72. The molecular formula is C50H83NO21. The Morgan fingerprint density at radius 2 is 1.21 bits per heavy atom. The first-order chi connectivity index (χ1) is 34.2. The van der Waals surface area contributed by atoms with Gasteiger partial charge < -0.3 is 104 Å². The van der Waals surface area contributed by atoms with Gasteiger partial charge in [0.25, 0.3) is 0 Å². The number of nitrogens with one attached hydrogen (secondary N) is 1. The van der Waals surface area contributed by atoms with Crippen LogP contribution >= 0.6 is 0 Å². The molecule has 414 valence electrons. The predicted octanol–water partition coefficient (Wildman–Crippen LogP) is -3.10. The van der Waals surface area contributed by atoms with E-state index in [9.17, 15) is 66.4 Å². The summed E-state index contributed by atoms with van der Waals surface area (Å²) in [5, 5.41) is 146. The Bertz CT molecular complexity index is 1860. The van der Waals surface area contributed by atoms with Gasteiger partial charge >= 0.3 is 0 Å². The number of aliphatic hydroxyl groups is 13. The average molecular weight is 1030 g/mol. The maximum Gasteiger partial charge on any atom is 0.203 e. The fourth-order valence-corrected chi connectivity index (χ4v) is 16.5. The molecule has 6 saturated heterocycles. The molecule has 0 aromatic rings. The lowest BCUT2D eigenvalue weighted by Gasteiger charge is -2.63. The molecule has 6 heterocycles. The lowest BCUT2D eigenvalue weighted by Crippen LogP contribution is -2.74. The molecule has 22 nitrogen and oxygen atoms in total. The summed E-state index contributed by atoms with van der Waals surface area (Å²) in [5.41, 5.74) is -0.375. The summed E-state index contributed by atoms with van der Waals surface area (Å²) >= 11 is 0. The molecule has 4 aliphatic carbocycles. The minimum absolute atomic E-state index is 0.00638. The van der Waals surface area contributed by atoms with E-state index in [0.29, 0.717) is 54.8 Å². The Kier molecular flexibility index (Phi) is 15.4. The summed E-state index contributed by atoms with van der Waals surface area (Å²) in [6.45, 7) is 7.42. The van der Waals surface area contributed by atoms with Crippen molar-refractivity contribution in [2.45, 2.75) is 220 Å². The molecule has 14 N–H and O–H groups in total. The van der Waals surface area contributed by atoms with Crippen molar-refractivity contribution >= 4 is 0 Å². The van der Waals surface area contributed by atoms with Crippen LogP contribution in [0.3, 0.4) is 0 Å². The van der Waals surface area contributed by atoms with E-state index in [4.69, 9.17) is 37.9 Å². The zero-order chi connectivity index (χ0) is 51.6. The SMILES string of the molecule is CC1CCC2(NC1)O[C@H]1CC3C4CCC5CC([C@@]6(O[C@@H]7O[C@H](CO)[C@@H](O)[C@H](O)[C@H]7O)O[C@@H](CO)[C@H](O)[C@H](O[C@@H]7O[C@H](CO)[C@@H](O)[C@H](O)[C@H]7O)[C@H]6O[C@@H]6OC[C@@H](O)[C@H](O)[C@H]6O)CC[C@]5(C)C4CC[C@]3(C)[C@H]1[C@H]2C. The van der Waals surface area contributed by atoms with Crippen LogP contribution in [0.2, 0.25) is 0 Å². The number of rotatable bonds is 10. The molecule has 7 unspecified atom stereocenters. The Labute approximate surface area is 419 Å². The van der Waals surface area contributed by atoms with Crippen LogP contribution in [0.1, 0.15) is 91.9 Å². The monoisotopic (exact) mass is 1030 g/mol. The maximum atomic E-state index is 12.2. The molecule has 4 saturated carbocycles. The minimum Gasteiger partial charge on any atom is -0.394 e. The molecule has 10 rings (SSSR count). The normalized spacial score (nSPS) is 58.9. The zero-order valence-electron chi connectivity index (χ0n) is 41.8. The van der Waals surface area contributed by atoms with Crippen LogP contribution < -0.4 is 5.32 Å². The van der Waals surface area contributed by atoms with Gasteiger partial charge in [0, 0.05) is 18.4 Å². The Hall–Kier alpha value is -0.880. The van der Waals surface area contributed by atoms with E-state index in [-0.39, 0.29) is 28.6 Å². The molecule has 0 aromatic carbocycles. The van der Waals surface area contributed by atoms with Crippen LogP contribution in [0.4, 0.5) is 0 Å². The fraction of sp³-hybridized carbons (Fsp3) is 1.00. The summed E-state index contributed by atoms with van der Waals surface area (Å²) in [6.07, 6.45) is -24.2. The van der Waals surface area contributed by atoms with Crippen LogP contribution in [-0.4, -0.2) is 227 Å². The highest BCUT2D eigenvalue weighted by Gasteiger charge is 2.71. The van der Waals surface area contributed by atoms with E-state index in [1.54, 1.807) is 0 Å². The summed E-state index contributed by atoms with van der Waals surface area (Å²) in [7, 11) is 0. The van der Waals surface area contributed by atoms with Crippen molar-refractivity contribution in [3.8, 4) is 0 Å². The highest BCUT2D eigenvalue weighted by molar-refractivity contribution is 5.17. The predicted molar refractivity (Wildman–Crippen MR) is 244 cm³/mol. The number of aliphatic hydroxyl groups excluding tert-OH is 13. The molecule has 1 spiro atoms. The van der Waals surface area contributed by atoms with Gasteiger partial charge in [-0.1, -0.05) is 27.7 Å². The number of ether oxygens (including phenoxy) is 8. The van der Waals surface area contributed by atoms with E-state index in [1.807, 2.05) is 0 Å². The molecule has 0 amide bonds. The molecule has 10 aliphatic rings. The van der Waals surface area contributed by atoms with Crippen molar-refractivity contribution < 1.29 is 104 Å². The smallest absolute Gasteiger partial charge is 0.203 e. The van der Waals surface area contributed by atoms with Crippen molar-refractivity contribution in [3.05, 3.63) is 0 Å². The second kappa shape index (κ2) is 20.4. The second-order valence-corrected chi connectivity index (χ2v) is 24.3. The van der Waals surface area contributed by atoms with Gasteiger partial charge in [0.1, 0.15) is 97.3 Å². The third kappa shape index (κ3) is 8.69. The average Bonchev–Trinajstić information content (AvgIpc) is 3.82. The standard InChI is InChI=1S/C50H83NO21/c1-20-7-12-49(51-15-20)21(2)32-28(70-49)14-26-24-6-5-22-13-23(8-10-47(22,3)25(24)9-11-48(26,32)4)50(72-46-41(64)38(61)35(58)30(17-53)67-46)43(69-44-39(62)33(56)27(55)19-65-44)42(36(59)31(18-54)71-50)68-45-40(63)37(60)34(57)29(16-52)66-45/h20-46,51-64H,5-19H2,1-4H3/t20?,21-,22?,23?,24?,25?,26?,27-,28+,29-,30-,31+,32+,33+,34-,35-,36+,37+,38+,39-,40-,41-,42+,43-,44+,45+,46+,47+,48+,49?,50+/m1/s1. The number of piperidine rings is 1. The Morgan fingerprint density at radius 3 is 1.86 bits per heavy atom. The van der Waals surface area contributed by atoms with Crippen LogP contribution in [0, 0.1) is 58.2 Å². The van der Waals surface area contributed by atoms with Crippen molar-refractivity contribution in [2.75, 3.05) is 33.0 Å². The van der Waals surface area contributed by atoms with Crippen molar-refractivity contribution in [2.24, 2.45) is 58.2 Å². The lowest BCUT2D eigenvalue weighted by molar-refractivity contribution is -0.464. The molecule has 0 bridgehead atoms. The number of hydrogen-bond acceptors (Lipinski definition) is 22. The molecule has 72 heavy (non-hydrogen) atoms. The quantitative estimate of drug-likeness (QED) is 0.103. The van der Waals surface area contributed by atoms with Gasteiger partial charge in [0.2, 0.25) is 5.79 Å². The van der Waals surface area contributed by atoms with E-state index < -0.39 is 149 Å². The summed E-state index contributed by atoms with van der Waals surface area (Å²) < 4.78 is 51.2. The fourth-order valence-electron chi connectivity index (χ4n) is 16.5. The van der Waals surface area contributed by atoms with Gasteiger partial charge in [-0.25, -0.2) is 0 Å². The Balaban J connectivity index is 1.00. The van der Waals surface area contributed by atoms with Crippen LogP contribution in [0.15, 0.2) is 0 Å². The topological polar surface area (TPSA) is 349 Å². The molecule has 0 aromatic heterocycles. The zero-order valence-corrected chi connectivity index (χ0v) is 41.8. The third-order valence-corrected chi connectivity index (χ3v) is 20.7. The molecule has 0 radical (unpaired) electrons. The lowest BCUT2D eigenvalue weighted by atomic mass is 9.43. The van der Waals surface area contributed by atoms with Gasteiger partial charge in [0.05, 0.1) is 32.5 Å². The Morgan fingerprint density at radius 1 is 0.569 bits per heavy atom. The van der Waals surface area contributed by atoms with Gasteiger partial charge in [-0.2, -0.15) is 0 Å². The number of fused-ring (bicyclic) bond motifs is 7. The first-order valence-corrected chi connectivity index (χ1v) is 26.8. The van der Waals surface area contributed by atoms with Crippen LogP contribution in [-0.2, 0) is 37.9 Å². The van der Waals surface area contributed by atoms with E-state index >= 15 is 0 Å². The molecular weight excluding hydrogens is 951 g/mol. The van der Waals surface area contributed by atoms with Gasteiger partial charge in [0.15, 0.2) is 18.9 Å². The van der Waals surface area contributed by atoms with Crippen molar-refractivity contribution in [3.63, 3.8) is 0 Å². The number of hydrogen-bond donors (Lipinski definition) is 14. The minimum atomic E-state index is -2.37. The highest BCUT2D eigenvalue weighted by atomic mass is 16.8. The van der Waals surface area contributed by atoms with Gasteiger partial charge in [-0.3, -0.25) is 5.32 Å². The molecule has 22 heteroatoms. The first kappa shape index (κ1) is 54.5. The first-order valence-electron chi connectivity index (χ1n) is 26.8. The van der Waals surface area contributed by atoms with Gasteiger partial charge in [-0.05, 0) is 111 Å². The second-order valence-electron chi connectivity index (χ2n) is 24.3. The summed E-state index contributed by atoms with van der Waals surface area (Å²) in [4.78, 5) is 0. The third-order valence-electron chi connectivity index (χ3n) is 20.7. The van der Waals surface area contributed by atoms with Crippen molar-refractivity contribution in [1.82, 2.24) is 5.32 Å². The van der Waals surface area contributed by atoms with Crippen LogP contribution in [0.5, 0.6) is 0 Å². The molecule has 10 fully saturated rings. The van der Waals surface area contributed by atoms with Gasteiger partial charge in [-0.15, -0.1) is 0 Å². The largest absolute Gasteiger partial charge is 0.394 e. The van der Waals surface area contributed by atoms with E-state index in [1.165, 1.54) is 0 Å².